The predicted molar refractivity (Wildman–Crippen MR) is 101 cm³/mol. The Labute approximate surface area is 157 Å². The summed E-state index contributed by atoms with van der Waals surface area (Å²) in [5, 5.41) is 7.75. The molecule has 7 nitrogen and oxygen atoms in total. The van der Waals surface area contributed by atoms with Crippen molar-refractivity contribution in [2.75, 3.05) is 0 Å². The third-order valence-electron chi connectivity index (χ3n) is 4.05. The number of aromatic nitrogens is 3. The lowest BCUT2D eigenvalue weighted by Crippen LogP contribution is -2.41. The van der Waals surface area contributed by atoms with E-state index in [1.807, 2.05) is 42.5 Å². The lowest BCUT2D eigenvalue weighted by Gasteiger charge is -2.19. The highest BCUT2D eigenvalue weighted by atomic mass is 16.2. The average molecular weight is 363 g/mol. The van der Waals surface area contributed by atoms with Gasteiger partial charge in [-0.05, 0) is 35.2 Å². The Morgan fingerprint density at radius 2 is 1.52 bits per heavy atom. The lowest BCUT2D eigenvalue weighted by atomic mass is 9.87. The number of carbonyl (C=O) groups is 2. The normalized spacial score (nSPS) is 11.1. The minimum absolute atomic E-state index is 0.00774. The van der Waals surface area contributed by atoms with Crippen molar-refractivity contribution in [2.45, 2.75) is 26.2 Å². The highest BCUT2D eigenvalue weighted by molar-refractivity contribution is 5.98. The second-order valence-corrected chi connectivity index (χ2v) is 7.12. The number of nitrogens with zero attached hydrogens (tertiary/aromatic N) is 3. The van der Waals surface area contributed by atoms with Gasteiger partial charge in [-0.1, -0.05) is 56.3 Å². The Bertz CT molecular complexity index is 941. The molecule has 3 aromatic rings. The van der Waals surface area contributed by atoms with E-state index >= 15 is 0 Å². The molecule has 0 aliphatic heterocycles. The van der Waals surface area contributed by atoms with Gasteiger partial charge in [0, 0.05) is 5.56 Å². The molecule has 2 aromatic carbocycles. The first-order chi connectivity index (χ1) is 12.8. The molecule has 138 valence electrons. The maximum atomic E-state index is 12.2. The summed E-state index contributed by atoms with van der Waals surface area (Å²) < 4.78 is 1.49. The van der Waals surface area contributed by atoms with Crippen LogP contribution in [0.4, 0.5) is 0 Å². The van der Waals surface area contributed by atoms with E-state index in [2.05, 4.69) is 41.9 Å². The van der Waals surface area contributed by atoms with E-state index in [1.165, 1.54) is 10.9 Å². The van der Waals surface area contributed by atoms with Gasteiger partial charge in [-0.15, -0.1) is 5.10 Å². The standard InChI is InChI=1S/C20H21N5O2/c1-20(2,3)15-11-9-14(10-12-15)18(26)22-23-19(27)17-13-25(24-21-17)16-7-5-4-6-8-16/h4-13H,1-3H3,(H,22,26)(H,23,27). The van der Waals surface area contributed by atoms with E-state index < -0.39 is 11.8 Å². The molecule has 3 rings (SSSR count). The fourth-order valence-corrected chi connectivity index (χ4v) is 2.45. The molecule has 0 fully saturated rings. The predicted octanol–water partition coefficient (Wildman–Crippen LogP) is 2.64. The largest absolute Gasteiger partial charge is 0.291 e. The molecule has 0 saturated carbocycles. The van der Waals surface area contributed by atoms with Gasteiger partial charge in [0.05, 0.1) is 11.9 Å². The van der Waals surface area contributed by atoms with E-state index in [0.717, 1.165) is 11.3 Å². The highest BCUT2D eigenvalue weighted by Crippen LogP contribution is 2.22. The summed E-state index contributed by atoms with van der Waals surface area (Å²) in [4.78, 5) is 24.4. The molecular formula is C20H21N5O2. The average Bonchev–Trinajstić information content (AvgIpc) is 3.16. The zero-order valence-corrected chi connectivity index (χ0v) is 15.4. The second-order valence-electron chi connectivity index (χ2n) is 7.12. The van der Waals surface area contributed by atoms with Crippen molar-refractivity contribution in [3.8, 4) is 5.69 Å². The summed E-state index contributed by atoms with van der Waals surface area (Å²) in [7, 11) is 0. The number of amides is 2. The third-order valence-corrected chi connectivity index (χ3v) is 4.05. The van der Waals surface area contributed by atoms with Crippen LogP contribution in [-0.2, 0) is 5.41 Å². The third kappa shape index (κ3) is 4.38. The van der Waals surface area contributed by atoms with Gasteiger partial charge in [-0.25, -0.2) is 4.68 Å². The molecule has 1 heterocycles. The minimum Gasteiger partial charge on any atom is -0.267 e. The van der Waals surface area contributed by atoms with Crippen molar-refractivity contribution in [1.82, 2.24) is 25.8 Å². The number of hydrogen-bond donors (Lipinski definition) is 2. The molecule has 27 heavy (non-hydrogen) atoms. The molecule has 1 aromatic heterocycles. The van der Waals surface area contributed by atoms with Gasteiger partial charge in [0.15, 0.2) is 5.69 Å². The van der Waals surface area contributed by atoms with Crippen molar-refractivity contribution in [1.29, 1.82) is 0 Å². The molecule has 0 bridgehead atoms. The molecule has 0 unspecified atom stereocenters. The van der Waals surface area contributed by atoms with Gasteiger partial charge < -0.3 is 0 Å². The number of hydrazine groups is 1. The summed E-state index contributed by atoms with van der Waals surface area (Å²) in [5.74, 6) is -0.948. The first-order valence-corrected chi connectivity index (χ1v) is 8.53. The Morgan fingerprint density at radius 1 is 0.889 bits per heavy atom. The van der Waals surface area contributed by atoms with Crippen LogP contribution in [0.25, 0.3) is 5.69 Å². The number of hydrogen-bond acceptors (Lipinski definition) is 4. The Balaban J connectivity index is 1.61. The van der Waals surface area contributed by atoms with Gasteiger partial charge in [-0.2, -0.15) is 0 Å². The van der Waals surface area contributed by atoms with E-state index in [4.69, 9.17) is 0 Å². The van der Waals surface area contributed by atoms with Gasteiger partial charge in [0.1, 0.15) is 0 Å². The van der Waals surface area contributed by atoms with E-state index in [1.54, 1.807) is 12.1 Å². The minimum atomic E-state index is -0.545. The molecule has 0 radical (unpaired) electrons. The summed E-state index contributed by atoms with van der Waals surface area (Å²) in [5.41, 5.74) is 7.21. The second kappa shape index (κ2) is 7.41. The Hall–Kier alpha value is -3.48. The Kier molecular flexibility index (Phi) is 5.03. The van der Waals surface area contributed by atoms with Gasteiger partial charge in [-0.3, -0.25) is 20.4 Å². The molecule has 0 saturated heterocycles. The summed E-state index contributed by atoms with van der Waals surface area (Å²) in [6.07, 6.45) is 1.49. The van der Waals surface area contributed by atoms with Crippen LogP contribution >= 0.6 is 0 Å². The van der Waals surface area contributed by atoms with Crippen molar-refractivity contribution >= 4 is 11.8 Å². The topological polar surface area (TPSA) is 88.9 Å². The molecule has 7 heteroatoms. The first-order valence-electron chi connectivity index (χ1n) is 8.53. The van der Waals surface area contributed by atoms with Crippen LogP contribution in [0.15, 0.2) is 60.8 Å². The van der Waals surface area contributed by atoms with Crippen LogP contribution in [0.1, 0.15) is 47.2 Å². The molecular weight excluding hydrogens is 342 g/mol. The maximum Gasteiger partial charge on any atom is 0.291 e. The SMILES string of the molecule is CC(C)(C)c1ccc(C(=O)NNC(=O)c2cn(-c3ccccc3)nn2)cc1. The van der Waals surface area contributed by atoms with Gasteiger partial charge in [0.25, 0.3) is 11.8 Å². The highest BCUT2D eigenvalue weighted by Gasteiger charge is 2.16. The smallest absolute Gasteiger partial charge is 0.267 e. The molecule has 2 amide bonds. The van der Waals surface area contributed by atoms with Crippen LogP contribution < -0.4 is 10.9 Å². The van der Waals surface area contributed by atoms with E-state index in [0.29, 0.717) is 5.56 Å². The van der Waals surface area contributed by atoms with Crippen LogP contribution in [0, 0.1) is 0 Å². The van der Waals surface area contributed by atoms with Crippen LogP contribution in [0.5, 0.6) is 0 Å². The fourth-order valence-electron chi connectivity index (χ4n) is 2.45. The summed E-state index contributed by atoms with van der Waals surface area (Å²) in [6.45, 7) is 6.31. The van der Waals surface area contributed by atoms with Crippen LogP contribution in [-0.4, -0.2) is 26.8 Å². The molecule has 0 atom stereocenters. The lowest BCUT2D eigenvalue weighted by molar-refractivity contribution is 0.0844. The van der Waals surface area contributed by atoms with Crippen LogP contribution in [0.2, 0.25) is 0 Å². The maximum absolute atomic E-state index is 12.2. The van der Waals surface area contributed by atoms with Crippen molar-refractivity contribution in [3.05, 3.63) is 77.6 Å². The zero-order valence-electron chi connectivity index (χ0n) is 15.4. The van der Waals surface area contributed by atoms with Gasteiger partial charge >= 0.3 is 0 Å². The number of para-hydroxylation sites is 1. The van der Waals surface area contributed by atoms with Crippen molar-refractivity contribution in [3.63, 3.8) is 0 Å². The fraction of sp³-hybridized carbons (Fsp3) is 0.200. The number of rotatable bonds is 3. The quantitative estimate of drug-likeness (QED) is 0.700. The molecule has 2 N–H and O–H groups in total. The summed E-state index contributed by atoms with van der Waals surface area (Å²) >= 11 is 0. The molecule has 0 aliphatic rings. The Morgan fingerprint density at radius 3 is 2.15 bits per heavy atom. The van der Waals surface area contributed by atoms with Crippen LogP contribution in [0.3, 0.4) is 0 Å². The number of benzene rings is 2. The van der Waals surface area contributed by atoms with E-state index in [9.17, 15) is 9.59 Å². The summed E-state index contributed by atoms with van der Waals surface area (Å²) in [6, 6.07) is 16.6. The first kappa shape index (κ1) is 18.3. The van der Waals surface area contributed by atoms with Crippen molar-refractivity contribution in [2.24, 2.45) is 0 Å². The number of nitrogens with one attached hydrogen (secondary N) is 2. The monoisotopic (exact) mass is 363 g/mol. The zero-order chi connectivity index (χ0) is 19.4. The van der Waals surface area contributed by atoms with Crippen molar-refractivity contribution < 1.29 is 9.59 Å². The number of carbonyl (C=O) groups excluding carboxylic acids is 2. The molecule has 0 aliphatic carbocycles. The van der Waals surface area contributed by atoms with Gasteiger partial charge in [0.2, 0.25) is 0 Å². The van der Waals surface area contributed by atoms with E-state index in [-0.39, 0.29) is 11.1 Å². The molecule has 0 spiro atoms.